The number of hydrogen-bond acceptors (Lipinski definition) is 2. The third-order valence-electron chi connectivity index (χ3n) is 5.33. The van der Waals surface area contributed by atoms with Gasteiger partial charge in [0.05, 0.1) is 6.10 Å². The average Bonchev–Trinajstić information content (AvgIpc) is 2.52. The second-order valence-corrected chi connectivity index (χ2v) is 13.3. The lowest BCUT2D eigenvalue weighted by Gasteiger charge is -2.36. The van der Waals surface area contributed by atoms with Gasteiger partial charge in [-0.1, -0.05) is 83.2 Å². The number of unbranched alkanes of at least 4 members (excludes halogenated alkanes) is 5. The fraction of sp³-hybridized carbons (Fsp3) is 0.714. The van der Waals surface area contributed by atoms with E-state index in [1.807, 2.05) is 30.3 Å². The van der Waals surface area contributed by atoms with Crippen molar-refractivity contribution in [1.82, 2.24) is 0 Å². The summed E-state index contributed by atoms with van der Waals surface area (Å²) in [6, 6.07) is 9.99. The Bertz CT molecular complexity index is 437. The fourth-order valence-electron chi connectivity index (χ4n) is 2.53. The Morgan fingerprint density at radius 2 is 1.46 bits per heavy atom. The van der Waals surface area contributed by atoms with Gasteiger partial charge in [0.25, 0.3) is 0 Å². The molecule has 0 radical (unpaired) electrons. The lowest BCUT2D eigenvalue weighted by molar-refractivity contribution is 0.163. The summed E-state index contributed by atoms with van der Waals surface area (Å²) in [5, 5.41) is 10.4. The van der Waals surface area contributed by atoms with Crippen LogP contribution in [0.5, 0.6) is 0 Å². The number of rotatable bonds is 11. The zero-order chi connectivity index (χ0) is 18.1. The summed E-state index contributed by atoms with van der Waals surface area (Å²) < 4.78 is 6.21. The van der Waals surface area contributed by atoms with Gasteiger partial charge in [-0.15, -0.1) is 0 Å². The summed E-state index contributed by atoms with van der Waals surface area (Å²) in [5.41, 5.74) is 1.04. The number of benzene rings is 1. The smallest absolute Gasteiger partial charge is 0.191 e. The molecule has 0 bridgehead atoms. The lowest BCUT2D eigenvalue weighted by atomic mass is 10.0. The fourth-order valence-corrected chi connectivity index (χ4v) is 3.62. The van der Waals surface area contributed by atoms with Crippen LogP contribution in [0.2, 0.25) is 18.1 Å². The largest absolute Gasteiger partial charge is 0.417 e. The molecule has 0 aromatic heterocycles. The monoisotopic (exact) mass is 350 g/mol. The van der Waals surface area contributed by atoms with Crippen LogP contribution in [-0.4, -0.2) is 20.0 Å². The first-order valence-corrected chi connectivity index (χ1v) is 12.5. The topological polar surface area (TPSA) is 29.5 Å². The highest BCUT2D eigenvalue weighted by Gasteiger charge is 2.36. The predicted molar refractivity (Wildman–Crippen MR) is 107 cm³/mol. The van der Waals surface area contributed by atoms with Gasteiger partial charge in [-0.2, -0.15) is 0 Å². The average molecular weight is 351 g/mol. The molecule has 3 heteroatoms. The van der Waals surface area contributed by atoms with Crippen LogP contribution < -0.4 is 0 Å². The Balaban J connectivity index is 2.00. The molecule has 1 aromatic carbocycles. The second kappa shape index (κ2) is 10.4. The number of aliphatic hydroxyl groups is 1. The minimum atomic E-state index is -1.56. The van der Waals surface area contributed by atoms with Crippen molar-refractivity contribution >= 4 is 8.32 Å². The molecule has 138 valence electrons. The van der Waals surface area contributed by atoms with E-state index in [4.69, 9.17) is 4.43 Å². The molecule has 0 aliphatic heterocycles. The van der Waals surface area contributed by atoms with Gasteiger partial charge in [0, 0.05) is 6.61 Å². The van der Waals surface area contributed by atoms with E-state index in [-0.39, 0.29) is 6.10 Å². The molecule has 0 aliphatic rings. The van der Waals surface area contributed by atoms with Crippen LogP contribution in [0, 0.1) is 0 Å². The Hall–Kier alpha value is -0.643. The normalized spacial score (nSPS) is 13.9. The quantitative estimate of drug-likeness (QED) is 0.366. The molecule has 0 spiro atoms. The van der Waals surface area contributed by atoms with Crippen molar-refractivity contribution in [3.8, 4) is 0 Å². The molecule has 0 heterocycles. The number of hydrogen-bond donors (Lipinski definition) is 1. The highest BCUT2D eigenvalue weighted by atomic mass is 28.4. The van der Waals surface area contributed by atoms with Crippen LogP contribution in [0.4, 0.5) is 0 Å². The molecule has 0 saturated carbocycles. The summed E-state index contributed by atoms with van der Waals surface area (Å²) in [6.45, 7) is 12.5. The van der Waals surface area contributed by atoms with Gasteiger partial charge in [-0.3, -0.25) is 0 Å². The van der Waals surface area contributed by atoms with E-state index in [9.17, 15) is 5.11 Å². The Morgan fingerprint density at radius 1 is 0.917 bits per heavy atom. The van der Waals surface area contributed by atoms with Gasteiger partial charge in [-0.25, -0.2) is 0 Å². The second-order valence-electron chi connectivity index (χ2n) is 8.45. The zero-order valence-corrected chi connectivity index (χ0v) is 17.5. The summed E-state index contributed by atoms with van der Waals surface area (Å²) in [5.74, 6) is 0. The van der Waals surface area contributed by atoms with E-state index < -0.39 is 8.32 Å². The molecule has 1 unspecified atom stereocenters. The first kappa shape index (κ1) is 21.4. The molecular formula is C21H38O2Si. The van der Waals surface area contributed by atoms with E-state index in [1.54, 1.807) is 0 Å². The third-order valence-corrected chi connectivity index (χ3v) is 9.86. The number of aliphatic hydroxyl groups excluding tert-OH is 1. The van der Waals surface area contributed by atoms with Crippen molar-refractivity contribution in [3.63, 3.8) is 0 Å². The van der Waals surface area contributed by atoms with Gasteiger partial charge >= 0.3 is 0 Å². The standard InChI is InChI=1S/C21H38O2Si/c1-21(2,3)24(4,5)23-18-14-9-7-6-8-13-17-20(22)19-15-11-10-12-16-19/h10-12,15-16,20,22H,6-9,13-14,17-18H2,1-5H3. The molecule has 0 fully saturated rings. The van der Waals surface area contributed by atoms with Crippen LogP contribution in [0.25, 0.3) is 0 Å². The molecule has 1 rings (SSSR count). The maximum Gasteiger partial charge on any atom is 0.191 e. The molecule has 0 amide bonds. The molecule has 2 nitrogen and oxygen atoms in total. The van der Waals surface area contributed by atoms with Gasteiger partial charge < -0.3 is 9.53 Å². The van der Waals surface area contributed by atoms with Gasteiger partial charge in [0.2, 0.25) is 0 Å². The van der Waals surface area contributed by atoms with Crippen LogP contribution >= 0.6 is 0 Å². The maximum absolute atomic E-state index is 10.1. The van der Waals surface area contributed by atoms with Crippen LogP contribution in [-0.2, 0) is 4.43 Å². The Morgan fingerprint density at radius 3 is 2.04 bits per heavy atom. The van der Waals surface area contributed by atoms with Gasteiger partial charge in [0.15, 0.2) is 8.32 Å². The maximum atomic E-state index is 10.1. The first-order chi connectivity index (χ1) is 11.2. The van der Waals surface area contributed by atoms with Crippen LogP contribution in [0.1, 0.15) is 77.4 Å². The molecule has 24 heavy (non-hydrogen) atoms. The minimum Gasteiger partial charge on any atom is -0.417 e. The molecule has 1 aromatic rings. The summed E-state index contributed by atoms with van der Waals surface area (Å²) in [7, 11) is -1.56. The molecule has 1 N–H and O–H groups in total. The molecular weight excluding hydrogens is 312 g/mol. The molecule has 1 atom stereocenters. The van der Waals surface area contributed by atoms with Crippen molar-refractivity contribution in [3.05, 3.63) is 35.9 Å². The van der Waals surface area contributed by atoms with Gasteiger partial charge in [-0.05, 0) is 36.5 Å². The van der Waals surface area contributed by atoms with Crippen molar-refractivity contribution in [1.29, 1.82) is 0 Å². The summed E-state index contributed by atoms with van der Waals surface area (Å²) in [4.78, 5) is 0. The minimum absolute atomic E-state index is 0.302. The highest BCUT2D eigenvalue weighted by molar-refractivity contribution is 6.74. The van der Waals surface area contributed by atoms with E-state index in [1.165, 1.54) is 32.1 Å². The highest BCUT2D eigenvalue weighted by Crippen LogP contribution is 2.36. The van der Waals surface area contributed by atoms with E-state index >= 15 is 0 Å². The van der Waals surface area contributed by atoms with Crippen LogP contribution in [0.15, 0.2) is 30.3 Å². The summed E-state index contributed by atoms with van der Waals surface area (Å²) >= 11 is 0. The Labute approximate surface area is 150 Å². The predicted octanol–water partition coefficient (Wildman–Crippen LogP) is 6.47. The SMILES string of the molecule is CC(C)(C)[Si](C)(C)OCCCCCCCCC(O)c1ccccc1. The molecule has 0 aliphatic carbocycles. The molecule has 0 saturated heterocycles. The van der Waals surface area contributed by atoms with E-state index in [0.29, 0.717) is 5.04 Å². The lowest BCUT2D eigenvalue weighted by Crippen LogP contribution is -2.40. The van der Waals surface area contributed by atoms with Crippen molar-refractivity contribution < 1.29 is 9.53 Å². The first-order valence-electron chi connectivity index (χ1n) is 9.61. The van der Waals surface area contributed by atoms with Crippen LogP contribution in [0.3, 0.4) is 0 Å². The van der Waals surface area contributed by atoms with Gasteiger partial charge in [0.1, 0.15) is 0 Å². The summed E-state index contributed by atoms with van der Waals surface area (Å²) in [6.07, 6.45) is 7.88. The van der Waals surface area contributed by atoms with Crippen molar-refractivity contribution in [2.24, 2.45) is 0 Å². The van der Waals surface area contributed by atoms with Crippen molar-refractivity contribution in [2.75, 3.05) is 6.61 Å². The zero-order valence-electron chi connectivity index (χ0n) is 16.5. The third kappa shape index (κ3) is 7.95. The Kier molecular flexibility index (Phi) is 9.25. The van der Waals surface area contributed by atoms with E-state index in [0.717, 1.165) is 25.0 Å². The van der Waals surface area contributed by atoms with Crippen molar-refractivity contribution in [2.45, 2.75) is 90.0 Å². The van der Waals surface area contributed by atoms with E-state index in [2.05, 4.69) is 33.9 Å².